The van der Waals surface area contributed by atoms with Crippen LogP contribution >= 0.6 is 0 Å². The molecule has 1 nitrogen and oxygen atoms in total. The van der Waals surface area contributed by atoms with Gasteiger partial charge in [0.05, 0.1) is 0 Å². The van der Waals surface area contributed by atoms with Crippen molar-refractivity contribution < 1.29 is 4.74 Å². The first kappa shape index (κ1) is 15.3. The van der Waals surface area contributed by atoms with Crippen LogP contribution in [-0.2, 0) is 5.41 Å². The molecule has 1 spiro atoms. The zero-order chi connectivity index (χ0) is 17.8. The number of hydrogen-bond donors (Lipinski definition) is 0. The summed E-state index contributed by atoms with van der Waals surface area (Å²) in [5, 5.41) is 0. The molecule has 2 heteroatoms. The number of rotatable bonds is 0. The van der Waals surface area contributed by atoms with E-state index in [0.717, 1.165) is 11.5 Å². The van der Waals surface area contributed by atoms with Crippen LogP contribution in [0.4, 0.5) is 0 Å². The van der Waals surface area contributed by atoms with E-state index in [0.29, 0.717) is 15.0 Å². The molecule has 0 unspecified atom stereocenters. The number of para-hydroxylation sites is 2. The van der Waals surface area contributed by atoms with Gasteiger partial charge in [0, 0.05) is 0 Å². The molecule has 27 heavy (non-hydrogen) atoms. The van der Waals surface area contributed by atoms with Crippen molar-refractivity contribution >= 4 is 23.9 Å². The molecule has 0 N–H and O–H groups in total. The van der Waals surface area contributed by atoms with Crippen molar-refractivity contribution in [2.75, 3.05) is 0 Å². The van der Waals surface area contributed by atoms with Crippen LogP contribution in [0, 0.1) is 0 Å². The van der Waals surface area contributed by atoms with Crippen LogP contribution in [0.1, 0.15) is 22.3 Å². The van der Waals surface area contributed by atoms with Gasteiger partial charge in [0.1, 0.15) is 0 Å². The summed E-state index contributed by atoms with van der Waals surface area (Å²) in [7, 11) is 0. The number of hydrogen-bond acceptors (Lipinski definition) is 1. The molecule has 4 aromatic carbocycles. The van der Waals surface area contributed by atoms with Crippen LogP contribution < -0.4 is 13.7 Å². The SMILES string of the molecule is c1ccc2c(c1)Oc1ccccc1C21c2ccccc2[Se]c2ccccc21. The Morgan fingerprint density at radius 3 is 1.41 bits per heavy atom. The first-order valence-electron chi connectivity index (χ1n) is 9.13. The quantitative estimate of drug-likeness (QED) is 0.342. The summed E-state index contributed by atoms with van der Waals surface area (Å²) in [6.45, 7) is 0. The third-order valence-electron chi connectivity index (χ3n) is 5.60. The first-order chi connectivity index (χ1) is 13.4. The van der Waals surface area contributed by atoms with Gasteiger partial charge in [-0.2, -0.15) is 0 Å². The normalized spacial score (nSPS) is 15.1. The molecule has 0 aromatic heterocycles. The summed E-state index contributed by atoms with van der Waals surface area (Å²) in [6.07, 6.45) is 0. The van der Waals surface area contributed by atoms with E-state index in [1.54, 1.807) is 0 Å². The monoisotopic (exact) mass is 412 g/mol. The zero-order valence-electron chi connectivity index (χ0n) is 14.6. The molecule has 0 saturated heterocycles. The Kier molecular flexibility index (Phi) is 3.17. The van der Waals surface area contributed by atoms with E-state index in [1.807, 2.05) is 0 Å². The Balaban J connectivity index is 1.85. The molecule has 0 aliphatic carbocycles. The van der Waals surface area contributed by atoms with E-state index >= 15 is 0 Å². The van der Waals surface area contributed by atoms with Crippen LogP contribution in [0.15, 0.2) is 97.1 Å². The van der Waals surface area contributed by atoms with Gasteiger partial charge in [-0.3, -0.25) is 0 Å². The maximum absolute atomic E-state index is 6.34. The summed E-state index contributed by atoms with van der Waals surface area (Å²) in [4.78, 5) is 0. The van der Waals surface area contributed by atoms with E-state index in [1.165, 1.54) is 31.2 Å². The Bertz CT molecular complexity index is 1000. The fourth-order valence-electron chi connectivity index (χ4n) is 4.57. The Morgan fingerprint density at radius 1 is 0.481 bits per heavy atom. The van der Waals surface area contributed by atoms with Gasteiger partial charge in [-0.25, -0.2) is 0 Å². The van der Waals surface area contributed by atoms with E-state index in [2.05, 4.69) is 97.1 Å². The van der Waals surface area contributed by atoms with Gasteiger partial charge in [0.25, 0.3) is 0 Å². The number of benzene rings is 4. The molecular formula is C25H16OSe. The average Bonchev–Trinajstić information content (AvgIpc) is 2.73. The first-order valence-corrected chi connectivity index (χ1v) is 10.8. The third-order valence-corrected chi connectivity index (χ3v) is 8.02. The van der Waals surface area contributed by atoms with Crippen molar-refractivity contribution in [2.45, 2.75) is 5.41 Å². The fraction of sp³-hybridized carbons (Fsp3) is 0.0400. The minimum absolute atomic E-state index is 0.306. The predicted octanol–water partition coefficient (Wildman–Crippen LogP) is 4.14. The van der Waals surface area contributed by atoms with Gasteiger partial charge in [-0.1, -0.05) is 0 Å². The van der Waals surface area contributed by atoms with Crippen molar-refractivity contribution in [3.63, 3.8) is 0 Å². The van der Waals surface area contributed by atoms with Crippen LogP contribution in [0.5, 0.6) is 11.5 Å². The summed E-state index contributed by atoms with van der Waals surface area (Å²) in [6, 6.07) is 34.9. The van der Waals surface area contributed by atoms with Gasteiger partial charge >= 0.3 is 165 Å². The molecule has 0 radical (unpaired) electrons. The summed E-state index contributed by atoms with van der Waals surface area (Å²) in [5.74, 6) is 1.91. The molecule has 2 heterocycles. The standard InChI is InChI=1S/C25H16OSe/c1-5-13-21-17(9-1)25(18-10-2-6-14-22(18)26-21)19-11-3-7-15-23(19)27-24-16-8-4-12-20(24)25/h1-16H. The van der Waals surface area contributed by atoms with Gasteiger partial charge < -0.3 is 0 Å². The van der Waals surface area contributed by atoms with Crippen LogP contribution in [0.3, 0.4) is 0 Å². The molecular weight excluding hydrogens is 395 g/mol. The zero-order valence-corrected chi connectivity index (χ0v) is 16.3. The van der Waals surface area contributed by atoms with Gasteiger partial charge in [-0.15, -0.1) is 0 Å². The van der Waals surface area contributed by atoms with Crippen molar-refractivity contribution in [1.82, 2.24) is 0 Å². The van der Waals surface area contributed by atoms with E-state index < -0.39 is 0 Å². The van der Waals surface area contributed by atoms with E-state index in [4.69, 9.17) is 4.74 Å². The number of ether oxygens (including phenoxy) is 1. The van der Waals surface area contributed by atoms with Crippen molar-refractivity contribution in [3.05, 3.63) is 119 Å². The summed E-state index contributed by atoms with van der Waals surface area (Å²) < 4.78 is 9.25. The second-order valence-corrected chi connectivity index (χ2v) is 9.21. The fourth-order valence-corrected chi connectivity index (χ4v) is 7.07. The van der Waals surface area contributed by atoms with Gasteiger partial charge in [0.2, 0.25) is 0 Å². The van der Waals surface area contributed by atoms with Crippen molar-refractivity contribution in [1.29, 1.82) is 0 Å². The molecule has 4 aromatic rings. The molecule has 128 valence electrons. The Morgan fingerprint density at radius 2 is 0.889 bits per heavy atom. The molecule has 0 amide bonds. The molecule has 2 aliphatic rings. The van der Waals surface area contributed by atoms with Crippen LogP contribution in [0.2, 0.25) is 0 Å². The Labute approximate surface area is 164 Å². The molecule has 0 saturated carbocycles. The molecule has 0 fully saturated rings. The molecule has 2 aliphatic heterocycles. The maximum atomic E-state index is 6.34. The van der Waals surface area contributed by atoms with Crippen LogP contribution in [-0.4, -0.2) is 15.0 Å². The second kappa shape index (κ2) is 5.60. The average molecular weight is 411 g/mol. The van der Waals surface area contributed by atoms with Crippen molar-refractivity contribution in [3.8, 4) is 11.5 Å². The molecule has 0 atom stereocenters. The minimum atomic E-state index is -0.321. The van der Waals surface area contributed by atoms with Gasteiger partial charge in [-0.05, 0) is 0 Å². The van der Waals surface area contributed by atoms with Crippen molar-refractivity contribution in [2.24, 2.45) is 0 Å². The summed E-state index contributed by atoms with van der Waals surface area (Å²) >= 11 is 0.306. The number of fused-ring (bicyclic) bond motifs is 8. The Hall–Kier alpha value is -2.80. The second-order valence-electron chi connectivity index (χ2n) is 6.94. The topological polar surface area (TPSA) is 9.23 Å². The third kappa shape index (κ3) is 1.95. The van der Waals surface area contributed by atoms with Gasteiger partial charge in [0.15, 0.2) is 0 Å². The predicted molar refractivity (Wildman–Crippen MR) is 110 cm³/mol. The van der Waals surface area contributed by atoms with Crippen LogP contribution in [0.25, 0.3) is 0 Å². The molecule has 0 bridgehead atoms. The molecule has 6 rings (SSSR count). The van der Waals surface area contributed by atoms with E-state index in [-0.39, 0.29) is 5.41 Å². The van der Waals surface area contributed by atoms with E-state index in [9.17, 15) is 0 Å². The summed E-state index contributed by atoms with van der Waals surface area (Å²) in [5.41, 5.74) is 4.94.